The summed E-state index contributed by atoms with van der Waals surface area (Å²) in [6.45, 7) is -0.578. The maximum atomic E-state index is 12.7. The summed E-state index contributed by atoms with van der Waals surface area (Å²) in [5, 5.41) is 2.11. The van der Waals surface area contributed by atoms with Crippen molar-refractivity contribution in [2.75, 3.05) is 6.61 Å². The number of rotatable bonds is 5. The quantitative estimate of drug-likeness (QED) is 0.676. The standard InChI is InChI=1S/C18H14FNO4/c19-15-9-6-13(7-10-15)8-11-17(22)24-12-16(21)20-18(23)14-4-2-1-3-5-14/h1-11H,12H2,(H,20,21,23)/b11-8+. The lowest BCUT2D eigenvalue weighted by Gasteiger charge is -2.04. The maximum absolute atomic E-state index is 12.7. The first-order valence-corrected chi connectivity index (χ1v) is 7.04. The second-order valence-corrected chi connectivity index (χ2v) is 4.74. The molecule has 0 aromatic heterocycles. The SMILES string of the molecule is O=C(COC(=O)/C=C/c1ccc(F)cc1)NC(=O)c1ccccc1. The van der Waals surface area contributed by atoms with Crippen LogP contribution in [0.1, 0.15) is 15.9 Å². The lowest BCUT2D eigenvalue weighted by Crippen LogP contribution is -2.33. The van der Waals surface area contributed by atoms with Gasteiger partial charge in [-0.15, -0.1) is 0 Å². The fourth-order valence-corrected chi connectivity index (χ4v) is 1.75. The molecule has 122 valence electrons. The van der Waals surface area contributed by atoms with E-state index in [1.165, 1.54) is 30.3 Å². The van der Waals surface area contributed by atoms with Crippen LogP contribution in [0.25, 0.3) is 6.08 Å². The minimum Gasteiger partial charge on any atom is -0.452 e. The maximum Gasteiger partial charge on any atom is 0.331 e. The number of carbonyl (C=O) groups excluding carboxylic acids is 3. The van der Waals surface area contributed by atoms with E-state index >= 15 is 0 Å². The highest BCUT2D eigenvalue weighted by Crippen LogP contribution is 2.04. The number of nitrogens with one attached hydrogen (secondary N) is 1. The van der Waals surface area contributed by atoms with Gasteiger partial charge in [-0.3, -0.25) is 14.9 Å². The summed E-state index contributed by atoms with van der Waals surface area (Å²) in [6.07, 6.45) is 2.54. The molecule has 0 fully saturated rings. The summed E-state index contributed by atoms with van der Waals surface area (Å²) in [5.41, 5.74) is 0.936. The van der Waals surface area contributed by atoms with Gasteiger partial charge in [-0.2, -0.15) is 0 Å². The van der Waals surface area contributed by atoms with Crippen molar-refractivity contribution >= 4 is 23.9 Å². The van der Waals surface area contributed by atoms with Gasteiger partial charge in [-0.05, 0) is 35.9 Å². The predicted molar refractivity (Wildman–Crippen MR) is 85.3 cm³/mol. The molecule has 0 aliphatic heterocycles. The summed E-state index contributed by atoms with van der Waals surface area (Å²) in [6, 6.07) is 13.7. The first kappa shape index (κ1) is 17.1. The van der Waals surface area contributed by atoms with Gasteiger partial charge in [0, 0.05) is 11.6 Å². The number of hydrogen-bond acceptors (Lipinski definition) is 4. The van der Waals surface area contributed by atoms with Crippen molar-refractivity contribution < 1.29 is 23.5 Å². The Kier molecular flexibility index (Phi) is 5.96. The molecule has 0 heterocycles. The van der Waals surface area contributed by atoms with E-state index in [2.05, 4.69) is 5.32 Å². The van der Waals surface area contributed by atoms with Crippen LogP contribution in [0.3, 0.4) is 0 Å². The predicted octanol–water partition coefficient (Wildman–Crippen LogP) is 2.34. The van der Waals surface area contributed by atoms with Crippen LogP contribution in [0.5, 0.6) is 0 Å². The topological polar surface area (TPSA) is 72.5 Å². The molecule has 0 spiro atoms. The normalized spacial score (nSPS) is 10.4. The highest BCUT2D eigenvalue weighted by Gasteiger charge is 2.11. The highest BCUT2D eigenvalue weighted by molar-refractivity contribution is 6.05. The zero-order chi connectivity index (χ0) is 17.4. The minimum atomic E-state index is -0.748. The molecule has 0 aliphatic rings. The van der Waals surface area contributed by atoms with Crippen LogP contribution in [0.4, 0.5) is 4.39 Å². The van der Waals surface area contributed by atoms with Crippen molar-refractivity contribution in [3.05, 3.63) is 77.6 Å². The molecule has 0 saturated carbocycles. The second-order valence-electron chi connectivity index (χ2n) is 4.74. The molecule has 2 amide bonds. The number of imide groups is 1. The molecule has 2 rings (SSSR count). The van der Waals surface area contributed by atoms with Gasteiger partial charge in [0.2, 0.25) is 0 Å². The van der Waals surface area contributed by atoms with Crippen molar-refractivity contribution in [1.82, 2.24) is 5.32 Å². The Bertz CT molecular complexity index is 754. The third-order valence-electron chi connectivity index (χ3n) is 2.92. The Morgan fingerprint density at radius 1 is 1.00 bits per heavy atom. The molecule has 0 bridgehead atoms. The molecule has 0 atom stereocenters. The monoisotopic (exact) mass is 327 g/mol. The average Bonchev–Trinajstić information content (AvgIpc) is 2.60. The summed E-state index contributed by atoms with van der Waals surface area (Å²) in [4.78, 5) is 34.8. The van der Waals surface area contributed by atoms with E-state index in [0.717, 1.165) is 6.08 Å². The van der Waals surface area contributed by atoms with E-state index in [0.29, 0.717) is 11.1 Å². The number of ether oxygens (including phenoxy) is 1. The van der Waals surface area contributed by atoms with Crippen molar-refractivity contribution in [1.29, 1.82) is 0 Å². The Morgan fingerprint density at radius 2 is 1.67 bits per heavy atom. The number of amides is 2. The molecule has 1 N–H and O–H groups in total. The largest absolute Gasteiger partial charge is 0.452 e. The molecule has 5 nitrogen and oxygen atoms in total. The van der Waals surface area contributed by atoms with E-state index in [4.69, 9.17) is 4.74 Å². The third kappa shape index (κ3) is 5.49. The van der Waals surface area contributed by atoms with Crippen LogP contribution in [-0.4, -0.2) is 24.4 Å². The third-order valence-corrected chi connectivity index (χ3v) is 2.92. The lowest BCUT2D eigenvalue weighted by atomic mass is 10.2. The smallest absolute Gasteiger partial charge is 0.331 e. The Labute approximate surface area is 137 Å². The zero-order valence-electron chi connectivity index (χ0n) is 12.6. The van der Waals surface area contributed by atoms with Crippen LogP contribution in [0.15, 0.2) is 60.7 Å². The number of esters is 1. The summed E-state index contributed by atoms with van der Waals surface area (Å²) >= 11 is 0. The van der Waals surface area contributed by atoms with Crippen LogP contribution in [0.2, 0.25) is 0 Å². The van der Waals surface area contributed by atoms with E-state index < -0.39 is 24.4 Å². The van der Waals surface area contributed by atoms with Crippen LogP contribution < -0.4 is 5.32 Å². The molecular formula is C18H14FNO4. The van der Waals surface area contributed by atoms with Crippen molar-refractivity contribution in [3.8, 4) is 0 Å². The van der Waals surface area contributed by atoms with E-state index in [1.54, 1.807) is 30.3 Å². The van der Waals surface area contributed by atoms with E-state index in [-0.39, 0.29) is 5.82 Å². The molecule has 2 aromatic rings. The number of halogens is 1. The summed E-state index contributed by atoms with van der Waals surface area (Å²) in [5.74, 6) is -2.43. The van der Waals surface area contributed by atoms with Crippen molar-refractivity contribution in [3.63, 3.8) is 0 Å². The summed E-state index contributed by atoms with van der Waals surface area (Å²) < 4.78 is 17.5. The molecule has 0 unspecified atom stereocenters. The Hall–Kier alpha value is -3.28. The fraction of sp³-hybridized carbons (Fsp3) is 0.0556. The molecule has 0 saturated heterocycles. The van der Waals surface area contributed by atoms with Crippen molar-refractivity contribution in [2.45, 2.75) is 0 Å². The highest BCUT2D eigenvalue weighted by atomic mass is 19.1. The van der Waals surface area contributed by atoms with Crippen LogP contribution in [-0.2, 0) is 14.3 Å². The Balaban J connectivity index is 1.78. The zero-order valence-corrected chi connectivity index (χ0v) is 12.6. The molecule has 0 aliphatic carbocycles. The van der Waals surface area contributed by atoms with Gasteiger partial charge in [0.15, 0.2) is 6.61 Å². The molecule has 24 heavy (non-hydrogen) atoms. The fourth-order valence-electron chi connectivity index (χ4n) is 1.75. The average molecular weight is 327 g/mol. The number of carbonyl (C=O) groups is 3. The second kappa shape index (κ2) is 8.38. The number of hydrogen-bond donors (Lipinski definition) is 1. The number of benzene rings is 2. The van der Waals surface area contributed by atoms with Crippen LogP contribution >= 0.6 is 0 Å². The molecule has 6 heteroatoms. The first-order valence-electron chi connectivity index (χ1n) is 7.04. The Morgan fingerprint density at radius 3 is 2.33 bits per heavy atom. The first-order chi connectivity index (χ1) is 11.5. The molecular weight excluding hydrogens is 313 g/mol. The van der Waals surface area contributed by atoms with Gasteiger partial charge in [0.1, 0.15) is 5.82 Å². The van der Waals surface area contributed by atoms with Gasteiger partial charge in [-0.1, -0.05) is 30.3 Å². The van der Waals surface area contributed by atoms with Gasteiger partial charge in [-0.25, -0.2) is 9.18 Å². The van der Waals surface area contributed by atoms with Crippen LogP contribution in [0, 0.1) is 5.82 Å². The van der Waals surface area contributed by atoms with Gasteiger partial charge < -0.3 is 4.74 Å². The summed E-state index contributed by atoms with van der Waals surface area (Å²) in [7, 11) is 0. The van der Waals surface area contributed by atoms with Gasteiger partial charge >= 0.3 is 5.97 Å². The molecule has 2 aromatic carbocycles. The van der Waals surface area contributed by atoms with Crippen molar-refractivity contribution in [2.24, 2.45) is 0 Å². The van der Waals surface area contributed by atoms with E-state index in [1.807, 2.05) is 0 Å². The minimum absolute atomic E-state index is 0.327. The van der Waals surface area contributed by atoms with E-state index in [9.17, 15) is 18.8 Å². The lowest BCUT2D eigenvalue weighted by molar-refractivity contribution is -0.143. The van der Waals surface area contributed by atoms with Gasteiger partial charge in [0.05, 0.1) is 0 Å². The molecule has 0 radical (unpaired) electrons. The van der Waals surface area contributed by atoms with Gasteiger partial charge in [0.25, 0.3) is 11.8 Å².